The molecule has 2 atom stereocenters. The molecule has 2 aliphatic heterocycles. The average molecular weight is 599 g/mol. The number of thioether (sulfide) groups is 1. The number of nitrogen functional groups attached to an aromatic ring is 1. The van der Waals surface area contributed by atoms with Crippen LogP contribution in [0.15, 0.2) is 63.8 Å². The number of rotatable bonds is 9. The van der Waals surface area contributed by atoms with E-state index in [1.165, 1.54) is 36.0 Å². The molecule has 2 amide bonds. The van der Waals surface area contributed by atoms with Gasteiger partial charge in [0, 0.05) is 12.3 Å². The number of nitrogens with two attached hydrogens (primary N) is 1. The number of benzene rings is 1. The highest BCUT2D eigenvalue weighted by Gasteiger charge is 2.54. The van der Waals surface area contributed by atoms with Crippen molar-refractivity contribution in [3.8, 4) is 0 Å². The van der Waals surface area contributed by atoms with Gasteiger partial charge in [-0.05, 0) is 17.7 Å². The van der Waals surface area contributed by atoms with Gasteiger partial charge in [0.05, 0.1) is 4.90 Å². The van der Waals surface area contributed by atoms with E-state index in [2.05, 4.69) is 20.2 Å². The van der Waals surface area contributed by atoms with E-state index in [0.717, 1.165) is 16.2 Å². The molecule has 1 saturated heterocycles. The van der Waals surface area contributed by atoms with E-state index in [9.17, 15) is 33.1 Å². The highest BCUT2D eigenvalue weighted by molar-refractivity contribution is 8.00. The summed E-state index contributed by atoms with van der Waals surface area (Å²) in [5, 5.41) is 23.7. The summed E-state index contributed by atoms with van der Waals surface area (Å²) < 4.78 is 27.1. The van der Waals surface area contributed by atoms with Crippen molar-refractivity contribution in [3.05, 3.63) is 63.8 Å². The summed E-state index contributed by atoms with van der Waals surface area (Å²) in [5.41, 5.74) is 4.86. The molecule has 200 valence electrons. The van der Waals surface area contributed by atoms with Crippen LogP contribution in [-0.2, 0) is 24.4 Å². The maximum Gasteiger partial charge on any atom is 0.352 e. The fourth-order valence-electron chi connectivity index (χ4n) is 3.69. The van der Waals surface area contributed by atoms with Gasteiger partial charge in [0.25, 0.3) is 11.8 Å². The third-order valence-corrected chi connectivity index (χ3v) is 9.22. The largest absolute Gasteiger partial charge is 0.477 e. The number of carboxylic acids is 1. The lowest BCUT2D eigenvalue weighted by molar-refractivity contribution is -0.150. The normalized spacial score (nSPS) is 19.9. The van der Waals surface area contributed by atoms with Gasteiger partial charge < -0.3 is 21.4 Å². The van der Waals surface area contributed by atoms with Crippen LogP contribution in [0.2, 0.25) is 4.34 Å². The van der Waals surface area contributed by atoms with E-state index in [1.807, 2.05) is 0 Å². The van der Waals surface area contributed by atoms with Crippen LogP contribution in [0, 0.1) is 0 Å². The summed E-state index contributed by atoms with van der Waals surface area (Å²) in [6, 6.07) is 6.64. The molecule has 38 heavy (non-hydrogen) atoms. The summed E-state index contributed by atoms with van der Waals surface area (Å²) in [6.45, 7) is -0.110. The first-order valence-electron chi connectivity index (χ1n) is 10.6. The second kappa shape index (κ2) is 11.1. The number of nitrogens with one attached hydrogen (secondary N) is 2. The molecule has 6 N–H and O–H groups in total. The molecule has 2 aromatic rings. The monoisotopic (exact) mass is 598 g/mol. The van der Waals surface area contributed by atoms with Gasteiger partial charge in [0.1, 0.15) is 27.1 Å². The van der Waals surface area contributed by atoms with Crippen LogP contribution in [0.25, 0.3) is 0 Å². The number of aliphatic carboxylic acids is 1. The summed E-state index contributed by atoms with van der Waals surface area (Å²) >= 11 is 8.03. The molecule has 1 fully saturated rings. The Labute approximate surface area is 229 Å². The molecular formula is C21H19ClN6O7S3. The van der Waals surface area contributed by atoms with Crippen molar-refractivity contribution >= 4 is 73.3 Å². The van der Waals surface area contributed by atoms with Crippen molar-refractivity contribution in [3.63, 3.8) is 0 Å². The lowest BCUT2D eigenvalue weighted by Crippen LogP contribution is -2.71. The smallest absolute Gasteiger partial charge is 0.352 e. The molecule has 13 nitrogen and oxygen atoms in total. The van der Waals surface area contributed by atoms with Gasteiger partial charge in [-0.25, -0.2) is 22.9 Å². The van der Waals surface area contributed by atoms with Crippen molar-refractivity contribution < 1.29 is 33.1 Å². The molecule has 17 heteroatoms. The Bertz CT molecular complexity index is 1490. The number of thiazole rings is 1. The summed E-state index contributed by atoms with van der Waals surface area (Å²) in [7, 11) is -3.75. The number of aromatic nitrogens is 1. The van der Waals surface area contributed by atoms with E-state index in [4.69, 9.17) is 17.3 Å². The number of fused-ring (bicyclic) bond motifs is 1. The number of hydrogen-bond acceptors (Lipinski definition) is 11. The highest BCUT2D eigenvalue weighted by Crippen LogP contribution is 2.40. The first-order chi connectivity index (χ1) is 18.0. The minimum Gasteiger partial charge on any atom is -0.477 e. The van der Waals surface area contributed by atoms with Crippen LogP contribution >= 0.6 is 34.7 Å². The Kier molecular flexibility index (Phi) is 8.08. The Hall–Kier alpha value is -3.44. The van der Waals surface area contributed by atoms with Crippen LogP contribution in [0.3, 0.4) is 0 Å². The topological polar surface area (TPSA) is 204 Å². The fourth-order valence-corrected chi connectivity index (χ4v) is 6.93. The first kappa shape index (κ1) is 27.6. The molecule has 0 bridgehead atoms. The van der Waals surface area contributed by atoms with Crippen molar-refractivity contribution in [1.82, 2.24) is 19.9 Å². The number of carbonyl (C=O) groups is 3. The number of hydrogen-bond donors (Lipinski definition) is 5. The number of carbonyl (C=O) groups excluding carboxylic acids is 2. The van der Waals surface area contributed by atoms with E-state index in [0.29, 0.717) is 0 Å². The van der Waals surface area contributed by atoms with Gasteiger partial charge in [-0.3, -0.25) is 14.5 Å². The van der Waals surface area contributed by atoms with Crippen LogP contribution in [-0.4, -0.2) is 75.8 Å². The van der Waals surface area contributed by atoms with Crippen LogP contribution < -0.4 is 15.8 Å². The standard InChI is InChI=1S/C21H19ClN6O7S3/c22-16-12(26-21(23)37-16)13(27-33)17(29)25-14-18(30)28-15(20(31)32)10(9-36-19(14)28)5-4-8-24-38(34,35)11-6-2-1-3-7-11/h1-7,14,19,24,33H,8-9H2,(H2,23,26)(H,25,29)(H,31,32)/b5-4+,27-13-/t14-,19-/m1/s1. The van der Waals surface area contributed by atoms with Gasteiger partial charge in [0.15, 0.2) is 10.8 Å². The van der Waals surface area contributed by atoms with Crippen LogP contribution in [0.1, 0.15) is 5.69 Å². The molecule has 0 spiro atoms. The number of nitrogens with zero attached hydrogens (tertiary/aromatic N) is 3. The summed E-state index contributed by atoms with van der Waals surface area (Å²) in [5.74, 6) is -2.83. The molecule has 1 aromatic carbocycles. The molecular weight excluding hydrogens is 580 g/mol. The van der Waals surface area contributed by atoms with Crippen molar-refractivity contribution in [1.29, 1.82) is 0 Å². The lowest BCUT2D eigenvalue weighted by Gasteiger charge is -2.49. The summed E-state index contributed by atoms with van der Waals surface area (Å²) in [6.07, 6.45) is 2.88. The second-order valence-corrected chi connectivity index (χ2v) is 12.2. The predicted molar refractivity (Wildman–Crippen MR) is 140 cm³/mol. The Balaban J connectivity index is 1.45. The minimum absolute atomic E-state index is 0.0117. The zero-order valence-corrected chi connectivity index (χ0v) is 22.3. The Morgan fingerprint density at radius 1 is 1.32 bits per heavy atom. The fraction of sp³-hybridized carbons (Fsp3) is 0.190. The van der Waals surface area contributed by atoms with Crippen molar-refractivity contribution in [2.75, 3.05) is 18.0 Å². The number of allylic oxidation sites excluding steroid dienone is 1. The number of anilines is 1. The third kappa shape index (κ3) is 5.39. The third-order valence-electron chi connectivity index (χ3n) is 5.39. The van der Waals surface area contributed by atoms with Gasteiger partial charge >= 0.3 is 5.97 Å². The maximum absolute atomic E-state index is 12.9. The molecule has 0 saturated carbocycles. The van der Waals surface area contributed by atoms with Gasteiger partial charge in [-0.15, -0.1) is 11.8 Å². The molecule has 2 aliphatic rings. The number of halogens is 1. The average Bonchev–Trinajstić information content (AvgIpc) is 3.22. The molecule has 0 aliphatic carbocycles. The van der Waals surface area contributed by atoms with E-state index in [-0.39, 0.29) is 43.6 Å². The molecule has 0 unspecified atom stereocenters. The molecule has 1 aromatic heterocycles. The molecule has 3 heterocycles. The quantitative estimate of drug-likeness (QED) is 0.119. The second-order valence-electron chi connectivity index (χ2n) is 7.73. The van der Waals surface area contributed by atoms with E-state index >= 15 is 0 Å². The molecule has 0 radical (unpaired) electrons. The number of sulfonamides is 1. The number of β-lactam (4-membered cyclic amide) rings is 1. The van der Waals surface area contributed by atoms with Crippen molar-refractivity contribution in [2.24, 2.45) is 5.16 Å². The molecule has 4 rings (SSSR count). The van der Waals surface area contributed by atoms with E-state index in [1.54, 1.807) is 18.2 Å². The Morgan fingerprint density at radius 3 is 2.63 bits per heavy atom. The zero-order chi connectivity index (χ0) is 27.6. The Morgan fingerprint density at radius 2 is 2.03 bits per heavy atom. The number of oxime groups is 1. The SMILES string of the molecule is Nc1nc(/C(=N/O)C(=O)N[C@@H]2C(=O)N3C(C(=O)O)=C(/C=C/CNS(=O)(=O)c4ccccc4)CS[C@H]23)c(Cl)s1. The number of amides is 2. The van der Waals surface area contributed by atoms with Crippen LogP contribution in [0.4, 0.5) is 5.13 Å². The minimum atomic E-state index is -3.75. The van der Waals surface area contributed by atoms with E-state index < -0.39 is 44.9 Å². The first-order valence-corrected chi connectivity index (χ1v) is 14.3. The highest BCUT2D eigenvalue weighted by atomic mass is 35.5. The maximum atomic E-state index is 12.9. The summed E-state index contributed by atoms with van der Waals surface area (Å²) in [4.78, 5) is 42.5. The van der Waals surface area contributed by atoms with Crippen LogP contribution in [0.5, 0.6) is 0 Å². The van der Waals surface area contributed by atoms with Gasteiger partial charge in [-0.2, -0.15) is 0 Å². The van der Waals surface area contributed by atoms with Gasteiger partial charge in [-0.1, -0.05) is 58.4 Å². The number of carboxylic acid groups (broad SMARTS) is 1. The predicted octanol–water partition coefficient (Wildman–Crippen LogP) is 0.830. The lowest BCUT2D eigenvalue weighted by atomic mass is 10.0. The zero-order valence-electron chi connectivity index (χ0n) is 19.1. The van der Waals surface area contributed by atoms with Gasteiger partial charge in [0.2, 0.25) is 10.0 Å². The van der Waals surface area contributed by atoms with Crippen molar-refractivity contribution in [2.45, 2.75) is 16.3 Å².